The molecule has 1 rings (SSSR count). The van der Waals surface area contributed by atoms with Gasteiger partial charge in [0.2, 0.25) is 0 Å². The lowest BCUT2D eigenvalue weighted by molar-refractivity contribution is 0.377. The SMILES string of the molecule is CCCC=Nc1c(OC)cc(OC)cc1OC. The summed E-state index contributed by atoms with van der Waals surface area (Å²) >= 11 is 0. The Kier molecular flexibility index (Phi) is 5.33. The average Bonchev–Trinajstić information content (AvgIpc) is 2.38. The topological polar surface area (TPSA) is 40.0 Å². The van der Waals surface area contributed by atoms with Gasteiger partial charge in [0.1, 0.15) is 11.4 Å². The second-order valence-electron chi connectivity index (χ2n) is 3.48. The van der Waals surface area contributed by atoms with E-state index in [1.54, 1.807) is 33.5 Å². The maximum absolute atomic E-state index is 5.29. The van der Waals surface area contributed by atoms with E-state index in [4.69, 9.17) is 14.2 Å². The molecule has 0 saturated heterocycles. The van der Waals surface area contributed by atoms with E-state index in [0.29, 0.717) is 22.9 Å². The Morgan fingerprint density at radius 3 is 2.06 bits per heavy atom. The van der Waals surface area contributed by atoms with Gasteiger partial charge in [0.25, 0.3) is 0 Å². The van der Waals surface area contributed by atoms with Crippen LogP contribution in [0.1, 0.15) is 19.8 Å². The van der Waals surface area contributed by atoms with Gasteiger partial charge in [-0.25, -0.2) is 0 Å². The zero-order chi connectivity index (χ0) is 12.7. The summed E-state index contributed by atoms with van der Waals surface area (Å²) < 4.78 is 15.7. The number of aliphatic imine (C=N–C) groups is 1. The van der Waals surface area contributed by atoms with E-state index in [1.165, 1.54) is 0 Å². The maximum Gasteiger partial charge on any atom is 0.151 e. The first-order chi connectivity index (χ1) is 8.26. The van der Waals surface area contributed by atoms with Gasteiger partial charge in [0.05, 0.1) is 21.3 Å². The molecule has 0 spiro atoms. The molecule has 0 fully saturated rings. The molecule has 0 amide bonds. The van der Waals surface area contributed by atoms with Crippen molar-refractivity contribution in [2.45, 2.75) is 19.8 Å². The van der Waals surface area contributed by atoms with Gasteiger partial charge in [0, 0.05) is 18.3 Å². The zero-order valence-electron chi connectivity index (χ0n) is 10.8. The highest BCUT2D eigenvalue weighted by Crippen LogP contribution is 2.40. The summed E-state index contributed by atoms with van der Waals surface area (Å²) in [5.41, 5.74) is 0.698. The van der Waals surface area contributed by atoms with Crippen molar-refractivity contribution in [2.75, 3.05) is 21.3 Å². The molecule has 0 aliphatic heterocycles. The summed E-state index contributed by atoms with van der Waals surface area (Å²) in [5, 5.41) is 0. The van der Waals surface area contributed by atoms with Crippen LogP contribution in [0.3, 0.4) is 0 Å². The van der Waals surface area contributed by atoms with Crippen molar-refractivity contribution in [2.24, 2.45) is 4.99 Å². The Hall–Kier alpha value is -1.71. The number of hydrogen-bond donors (Lipinski definition) is 0. The summed E-state index contributed by atoms with van der Waals surface area (Å²) in [5.74, 6) is 1.98. The molecule has 0 unspecified atom stereocenters. The molecule has 17 heavy (non-hydrogen) atoms. The predicted octanol–water partition coefficient (Wildman–Crippen LogP) is 3.21. The van der Waals surface area contributed by atoms with E-state index in [2.05, 4.69) is 11.9 Å². The summed E-state index contributed by atoms with van der Waals surface area (Å²) in [6, 6.07) is 3.59. The van der Waals surface area contributed by atoms with Crippen LogP contribution in [-0.4, -0.2) is 27.5 Å². The van der Waals surface area contributed by atoms with E-state index < -0.39 is 0 Å². The minimum absolute atomic E-state index is 0.647. The standard InChI is InChI=1S/C13H19NO3/c1-5-6-7-14-13-11(16-3)8-10(15-2)9-12(13)17-4/h7-9H,5-6H2,1-4H3. The molecule has 0 aliphatic rings. The van der Waals surface area contributed by atoms with Gasteiger partial charge in [-0.3, -0.25) is 4.99 Å². The highest BCUT2D eigenvalue weighted by molar-refractivity contribution is 5.72. The van der Waals surface area contributed by atoms with Gasteiger partial charge < -0.3 is 14.2 Å². The Morgan fingerprint density at radius 1 is 1.06 bits per heavy atom. The molecule has 94 valence electrons. The normalized spacial score (nSPS) is 10.6. The highest BCUT2D eigenvalue weighted by atomic mass is 16.5. The second kappa shape index (κ2) is 6.78. The van der Waals surface area contributed by atoms with Crippen LogP contribution < -0.4 is 14.2 Å². The second-order valence-corrected chi connectivity index (χ2v) is 3.48. The van der Waals surface area contributed by atoms with Crippen LogP contribution in [0.4, 0.5) is 5.69 Å². The van der Waals surface area contributed by atoms with E-state index >= 15 is 0 Å². The number of methoxy groups -OCH3 is 3. The highest BCUT2D eigenvalue weighted by Gasteiger charge is 2.11. The lowest BCUT2D eigenvalue weighted by atomic mass is 10.2. The van der Waals surface area contributed by atoms with Crippen molar-refractivity contribution >= 4 is 11.9 Å². The average molecular weight is 237 g/mol. The molecule has 0 atom stereocenters. The largest absolute Gasteiger partial charge is 0.496 e. The van der Waals surface area contributed by atoms with Crippen LogP contribution in [0.5, 0.6) is 17.2 Å². The van der Waals surface area contributed by atoms with E-state index in [9.17, 15) is 0 Å². The first-order valence-electron chi connectivity index (χ1n) is 5.59. The van der Waals surface area contributed by atoms with Crippen molar-refractivity contribution < 1.29 is 14.2 Å². The number of benzene rings is 1. The first-order valence-corrected chi connectivity index (χ1v) is 5.59. The van der Waals surface area contributed by atoms with Crippen LogP contribution in [-0.2, 0) is 0 Å². The molecule has 0 aliphatic carbocycles. The Morgan fingerprint density at radius 2 is 1.65 bits per heavy atom. The van der Waals surface area contributed by atoms with Crippen LogP contribution in [0.25, 0.3) is 0 Å². The molecule has 1 aromatic carbocycles. The molecular weight excluding hydrogens is 218 g/mol. The Labute approximate surface area is 102 Å². The molecule has 0 radical (unpaired) electrons. The minimum Gasteiger partial charge on any atom is -0.496 e. The quantitative estimate of drug-likeness (QED) is 0.713. The monoisotopic (exact) mass is 237 g/mol. The van der Waals surface area contributed by atoms with Crippen LogP contribution in [0, 0.1) is 0 Å². The lowest BCUT2D eigenvalue weighted by Crippen LogP contribution is -1.92. The van der Waals surface area contributed by atoms with E-state index in [-0.39, 0.29) is 0 Å². The smallest absolute Gasteiger partial charge is 0.151 e. The fourth-order valence-electron chi connectivity index (χ4n) is 1.40. The maximum atomic E-state index is 5.29. The number of nitrogens with zero attached hydrogens (tertiary/aromatic N) is 1. The van der Waals surface area contributed by atoms with Crippen LogP contribution in [0.15, 0.2) is 17.1 Å². The number of rotatable bonds is 6. The summed E-state index contributed by atoms with van der Waals surface area (Å²) in [6.07, 6.45) is 3.86. The van der Waals surface area contributed by atoms with Crippen molar-refractivity contribution in [1.29, 1.82) is 0 Å². The van der Waals surface area contributed by atoms with Gasteiger partial charge in [-0.15, -0.1) is 0 Å². The fourth-order valence-corrected chi connectivity index (χ4v) is 1.40. The van der Waals surface area contributed by atoms with Crippen LogP contribution >= 0.6 is 0 Å². The molecule has 0 N–H and O–H groups in total. The Bertz CT molecular complexity index is 363. The number of ether oxygens (including phenoxy) is 3. The van der Waals surface area contributed by atoms with E-state index in [0.717, 1.165) is 12.8 Å². The van der Waals surface area contributed by atoms with Gasteiger partial charge in [-0.1, -0.05) is 13.3 Å². The lowest BCUT2D eigenvalue weighted by Gasteiger charge is -2.11. The molecule has 0 saturated carbocycles. The predicted molar refractivity (Wildman–Crippen MR) is 69.2 cm³/mol. The molecule has 0 bridgehead atoms. The third kappa shape index (κ3) is 3.37. The Balaban J connectivity index is 3.15. The third-order valence-electron chi connectivity index (χ3n) is 2.33. The number of hydrogen-bond acceptors (Lipinski definition) is 4. The van der Waals surface area contributed by atoms with Gasteiger partial charge in [0.15, 0.2) is 11.5 Å². The van der Waals surface area contributed by atoms with Crippen molar-refractivity contribution in [1.82, 2.24) is 0 Å². The van der Waals surface area contributed by atoms with Crippen molar-refractivity contribution in [3.05, 3.63) is 12.1 Å². The van der Waals surface area contributed by atoms with Crippen molar-refractivity contribution in [3.63, 3.8) is 0 Å². The fraction of sp³-hybridized carbons (Fsp3) is 0.462. The minimum atomic E-state index is 0.647. The molecule has 4 nitrogen and oxygen atoms in total. The first kappa shape index (κ1) is 13.4. The molecule has 0 heterocycles. The molecule has 4 heteroatoms. The van der Waals surface area contributed by atoms with Crippen molar-refractivity contribution in [3.8, 4) is 17.2 Å². The van der Waals surface area contributed by atoms with Crippen LogP contribution in [0.2, 0.25) is 0 Å². The molecule has 0 aromatic heterocycles. The third-order valence-corrected chi connectivity index (χ3v) is 2.33. The molecule has 1 aromatic rings. The summed E-state index contributed by atoms with van der Waals surface area (Å²) in [6.45, 7) is 2.11. The zero-order valence-corrected chi connectivity index (χ0v) is 10.8. The van der Waals surface area contributed by atoms with Gasteiger partial charge in [-0.05, 0) is 6.42 Å². The summed E-state index contributed by atoms with van der Waals surface area (Å²) in [7, 11) is 4.81. The van der Waals surface area contributed by atoms with Gasteiger partial charge in [-0.2, -0.15) is 0 Å². The summed E-state index contributed by atoms with van der Waals surface area (Å²) in [4.78, 5) is 4.38. The molecular formula is C13H19NO3. The van der Waals surface area contributed by atoms with E-state index in [1.807, 2.05) is 6.21 Å². The van der Waals surface area contributed by atoms with Gasteiger partial charge >= 0.3 is 0 Å². The number of unbranched alkanes of at least 4 members (excludes halogenated alkanes) is 1.